The van der Waals surface area contributed by atoms with E-state index in [4.69, 9.17) is 10.7 Å². The summed E-state index contributed by atoms with van der Waals surface area (Å²) in [6, 6.07) is 0. The Balaban J connectivity index is 1.79. The topological polar surface area (TPSA) is 53.6 Å². The van der Waals surface area contributed by atoms with Gasteiger partial charge in [-0.2, -0.15) is 0 Å². The summed E-state index contributed by atoms with van der Waals surface area (Å²) in [6.45, 7) is 8.11. The Morgan fingerprint density at radius 2 is 1.34 bits per heavy atom. The third-order valence-electron chi connectivity index (χ3n) is 6.57. The molecule has 1 heterocycles. The van der Waals surface area contributed by atoms with Crippen LogP contribution in [0, 0.1) is 0 Å². The van der Waals surface area contributed by atoms with Crippen LogP contribution in [-0.4, -0.2) is 50.0 Å². The Morgan fingerprint density at radius 1 is 0.781 bits per heavy atom. The molecule has 0 fully saturated rings. The third-order valence-corrected chi connectivity index (χ3v) is 6.57. The molecule has 32 heavy (non-hydrogen) atoms. The minimum atomic E-state index is 0.720. The molecule has 0 atom stereocenters. The lowest BCUT2D eigenvalue weighted by atomic mass is 10.0. The van der Waals surface area contributed by atoms with E-state index in [-0.39, 0.29) is 0 Å². The number of aliphatic imine (C=N–C) groups is 1. The Kier molecular flexibility index (Phi) is 21.2. The van der Waals surface area contributed by atoms with Crippen LogP contribution in [0.2, 0.25) is 0 Å². The normalized spacial score (nSPS) is 14.1. The second-order valence-corrected chi connectivity index (χ2v) is 9.57. The Hall–Kier alpha value is -0.870. The number of nitrogens with zero attached hydrogens (tertiary/aromatic N) is 2. The molecule has 0 aromatic rings. The SMILES string of the molecule is CCCCCCCC=CCCCCCCCCCCCCC1=NCCN1CCNCCN. The van der Waals surface area contributed by atoms with Crippen molar-refractivity contribution >= 4 is 5.84 Å². The standard InChI is InChI=1S/C28H56N4/c1-2-3-4-5-6-7-8-9-10-11-12-13-14-15-16-17-18-19-20-21-28-31-25-27-32(28)26-24-30-23-22-29/h8-9,30H,2-7,10-27,29H2,1H3. The van der Waals surface area contributed by atoms with Gasteiger partial charge in [-0.05, 0) is 32.1 Å². The molecule has 0 amide bonds. The van der Waals surface area contributed by atoms with Gasteiger partial charge in [0, 0.05) is 39.1 Å². The number of nitrogens with two attached hydrogens (primary N) is 1. The van der Waals surface area contributed by atoms with E-state index >= 15 is 0 Å². The van der Waals surface area contributed by atoms with Gasteiger partial charge in [0.05, 0.1) is 12.4 Å². The molecule has 3 N–H and O–H groups in total. The fourth-order valence-corrected chi connectivity index (χ4v) is 4.51. The second-order valence-electron chi connectivity index (χ2n) is 9.57. The molecule has 0 radical (unpaired) electrons. The van der Waals surface area contributed by atoms with E-state index in [1.54, 1.807) is 0 Å². The molecular formula is C28H56N4. The van der Waals surface area contributed by atoms with E-state index in [0.717, 1.165) is 39.3 Å². The Bertz CT molecular complexity index is 447. The van der Waals surface area contributed by atoms with E-state index in [1.807, 2.05) is 0 Å². The molecule has 4 heteroatoms. The van der Waals surface area contributed by atoms with Gasteiger partial charge in [-0.15, -0.1) is 0 Å². The minimum absolute atomic E-state index is 0.720. The first-order valence-electron chi connectivity index (χ1n) is 14.2. The molecule has 1 aliphatic rings. The van der Waals surface area contributed by atoms with Crippen molar-refractivity contribution in [1.29, 1.82) is 0 Å². The summed E-state index contributed by atoms with van der Waals surface area (Å²) in [5.41, 5.74) is 5.53. The molecule has 0 spiro atoms. The van der Waals surface area contributed by atoms with Crippen molar-refractivity contribution in [2.45, 2.75) is 122 Å². The first kappa shape index (κ1) is 29.2. The summed E-state index contributed by atoms with van der Waals surface area (Å²) in [4.78, 5) is 7.19. The van der Waals surface area contributed by atoms with Crippen LogP contribution in [0.25, 0.3) is 0 Å². The van der Waals surface area contributed by atoms with Crippen molar-refractivity contribution in [3.05, 3.63) is 12.2 Å². The molecule has 0 bridgehead atoms. The maximum Gasteiger partial charge on any atom is 0.0990 e. The van der Waals surface area contributed by atoms with E-state index < -0.39 is 0 Å². The maximum atomic E-state index is 5.53. The third kappa shape index (κ3) is 17.7. The van der Waals surface area contributed by atoms with Crippen LogP contribution >= 0.6 is 0 Å². The minimum Gasteiger partial charge on any atom is -0.357 e. The molecule has 1 rings (SSSR count). The molecule has 4 nitrogen and oxygen atoms in total. The zero-order valence-electron chi connectivity index (χ0n) is 21.6. The van der Waals surface area contributed by atoms with Crippen LogP contribution in [0.1, 0.15) is 122 Å². The number of nitrogens with one attached hydrogen (secondary N) is 1. The number of unbranched alkanes of at least 4 members (excludes halogenated alkanes) is 15. The van der Waals surface area contributed by atoms with Crippen LogP contribution in [-0.2, 0) is 0 Å². The van der Waals surface area contributed by atoms with Gasteiger partial charge in [-0.1, -0.05) is 96.1 Å². The van der Waals surface area contributed by atoms with Crippen molar-refractivity contribution in [1.82, 2.24) is 10.2 Å². The van der Waals surface area contributed by atoms with Crippen LogP contribution < -0.4 is 11.1 Å². The van der Waals surface area contributed by atoms with Crippen molar-refractivity contribution in [3.63, 3.8) is 0 Å². The summed E-state index contributed by atoms with van der Waals surface area (Å²) in [5, 5.41) is 3.39. The summed E-state index contributed by atoms with van der Waals surface area (Å²) in [7, 11) is 0. The lowest BCUT2D eigenvalue weighted by Crippen LogP contribution is -2.36. The number of rotatable bonds is 24. The van der Waals surface area contributed by atoms with E-state index in [2.05, 4.69) is 29.3 Å². The van der Waals surface area contributed by atoms with E-state index in [1.165, 1.54) is 121 Å². The van der Waals surface area contributed by atoms with Gasteiger partial charge in [-0.25, -0.2) is 0 Å². The van der Waals surface area contributed by atoms with Gasteiger partial charge in [-0.3, -0.25) is 4.99 Å². The first-order chi connectivity index (χ1) is 15.9. The number of amidine groups is 1. The number of hydrogen-bond acceptors (Lipinski definition) is 4. The van der Waals surface area contributed by atoms with Crippen molar-refractivity contribution in [2.24, 2.45) is 10.7 Å². The molecular weight excluding hydrogens is 392 g/mol. The molecule has 0 aromatic carbocycles. The molecule has 0 saturated heterocycles. The average Bonchev–Trinajstić information content (AvgIpc) is 3.25. The molecule has 188 valence electrons. The van der Waals surface area contributed by atoms with Gasteiger partial charge < -0.3 is 16.0 Å². The highest BCUT2D eigenvalue weighted by Gasteiger charge is 2.15. The molecule has 0 aliphatic carbocycles. The highest BCUT2D eigenvalue weighted by Crippen LogP contribution is 2.14. The summed E-state index contributed by atoms with van der Waals surface area (Å²) < 4.78 is 0. The largest absolute Gasteiger partial charge is 0.357 e. The van der Waals surface area contributed by atoms with E-state index in [0.29, 0.717) is 0 Å². The smallest absolute Gasteiger partial charge is 0.0990 e. The Morgan fingerprint density at radius 3 is 1.94 bits per heavy atom. The molecule has 0 unspecified atom stereocenters. The lowest BCUT2D eigenvalue weighted by Gasteiger charge is -2.20. The fourth-order valence-electron chi connectivity index (χ4n) is 4.51. The van der Waals surface area contributed by atoms with Crippen LogP contribution in [0.3, 0.4) is 0 Å². The van der Waals surface area contributed by atoms with Crippen LogP contribution in [0.15, 0.2) is 17.1 Å². The van der Waals surface area contributed by atoms with Crippen molar-refractivity contribution in [2.75, 3.05) is 39.3 Å². The van der Waals surface area contributed by atoms with Crippen LogP contribution in [0.4, 0.5) is 0 Å². The predicted molar refractivity (Wildman–Crippen MR) is 144 cm³/mol. The second kappa shape index (κ2) is 23.3. The highest BCUT2D eigenvalue weighted by atomic mass is 15.2. The van der Waals surface area contributed by atoms with Gasteiger partial charge in [0.1, 0.15) is 0 Å². The fraction of sp³-hybridized carbons (Fsp3) is 0.893. The van der Waals surface area contributed by atoms with E-state index in [9.17, 15) is 0 Å². The number of allylic oxidation sites excluding steroid dienone is 2. The average molecular weight is 449 g/mol. The van der Waals surface area contributed by atoms with Crippen LogP contribution in [0.5, 0.6) is 0 Å². The predicted octanol–water partition coefficient (Wildman–Crippen LogP) is 6.85. The Labute approximate surface area is 200 Å². The molecule has 0 saturated carbocycles. The summed E-state index contributed by atoms with van der Waals surface area (Å²) >= 11 is 0. The number of hydrogen-bond donors (Lipinski definition) is 2. The van der Waals surface area contributed by atoms with Gasteiger partial charge in [0.2, 0.25) is 0 Å². The van der Waals surface area contributed by atoms with Crippen molar-refractivity contribution < 1.29 is 0 Å². The van der Waals surface area contributed by atoms with Gasteiger partial charge in [0.25, 0.3) is 0 Å². The van der Waals surface area contributed by atoms with Crippen molar-refractivity contribution in [3.8, 4) is 0 Å². The molecule has 0 aromatic heterocycles. The summed E-state index contributed by atoms with van der Waals surface area (Å²) in [5.74, 6) is 1.35. The quantitative estimate of drug-likeness (QED) is 0.125. The van der Waals surface area contributed by atoms with Gasteiger partial charge >= 0.3 is 0 Å². The monoisotopic (exact) mass is 448 g/mol. The summed E-state index contributed by atoms with van der Waals surface area (Å²) in [6.07, 6.45) is 29.6. The maximum absolute atomic E-state index is 5.53. The zero-order chi connectivity index (χ0) is 23.0. The zero-order valence-corrected chi connectivity index (χ0v) is 21.6. The lowest BCUT2D eigenvalue weighted by molar-refractivity contribution is 0.435. The highest BCUT2D eigenvalue weighted by molar-refractivity contribution is 5.83. The van der Waals surface area contributed by atoms with Gasteiger partial charge in [0.15, 0.2) is 0 Å². The first-order valence-corrected chi connectivity index (χ1v) is 14.2. The molecule has 1 aliphatic heterocycles.